The first-order valence-corrected chi connectivity index (χ1v) is 11.0. The van der Waals surface area contributed by atoms with E-state index in [0.717, 1.165) is 64.2 Å². The van der Waals surface area contributed by atoms with Crippen molar-refractivity contribution in [1.82, 2.24) is 0 Å². The fraction of sp³-hybridized carbons (Fsp3) is 0.909. The van der Waals surface area contributed by atoms with E-state index in [1.54, 1.807) is 0 Å². The number of ketones is 1. The van der Waals surface area contributed by atoms with E-state index in [1.165, 1.54) is 38.5 Å². The number of hydrogen-bond acceptors (Lipinski definition) is 4. The standard InChI is InChI=1S/C13H22O3.C9H18O/c14-13(15-11-7-3-1-4-8-11)16-12-9-5-2-6-10-12;1-3-5-7-9(10)8-6-4-2/h11-12H,1-10H2;3-8H2,1-2H3. The molecule has 0 aromatic carbocycles. The van der Waals surface area contributed by atoms with Crippen molar-refractivity contribution in [1.29, 1.82) is 0 Å². The van der Waals surface area contributed by atoms with Gasteiger partial charge in [0, 0.05) is 12.8 Å². The van der Waals surface area contributed by atoms with E-state index in [2.05, 4.69) is 13.8 Å². The summed E-state index contributed by atoms with van der Waals surface area (Å²) in [5, 5.41) is 0. The van der Waals surface area contributed by atoms with E-state index in [1.807, 2.05) is 0 Å². The molecule has 26 heavy (non-hydrogen) atoms. The van der Waals surface area contributed by atoms with Crippen LogP contribution in [-0.4, -0.2) is 24.1 Å². The molecule has 0 aromatic rings. The predicted molar refractivity (Wildman–Crippen MR) is 105 cm³/mol. The van der Waals surface area contributed by atoms with Crippen LogP contribution < -0.4 is 0 Å². The van der Waals surface area contributed by atoms with Crippen LogP contribution in [-0.2, 0) is 14.3 Å². The minimum Gasteiger partial charge on any atom is -0.431 e. The lowest BCUT2D eigenvalue weighted by Crippen LogP contribution is -2.26. The predicted octanol–water partition coefficient (Wildman–Crippen LogP) is 6.74. The van der Waals surface area contributed by atoms with Crippen molar-refractivity contribution in [3.8, 4) is 0 Å². The van der Waals surface area contributed by atoms with Crippen molar-refractivity contribution >= 4 is 11.9 Å². The molecule has 0 bridgehead atoms. The zero-order valence-corrected chi connectivity index (χ0v) is 17.1. The molecule has 2 saturated carbocycles. The van der Waals surface area contributed by atoms with Gasteiger partial charge in [-0.05, 0) is 64.2 Å². The second kappa shape index (κ2) is 15.0. The normalized spacial score (nSPS) is 18.5. The van der Waals surface area contributed by atoms with Crippen molar-refractivity contribution in [2.75, 3.05) is 0 Å². The van der Waals surface area contributed by atoms with Gasteiger partial charge in [0.1, 0.15) is 18.0 Å². The highest BCUT2D eigenvalue weighted by molar-refractivity contribution is 5.78. The maximum atomic E-state index is 11.5. The van der Waals surface area contributed by atoms with E-state index in [0.29, 0.717) is 5.78 Å². The molecule has 0 aromatic heterocycles. The zero-order chi connectivity index (χ0) is 19.0. The van der Waals surface area contributed by atoms with Crippen molar-refractivity contribution in [3.05, 3.63) is 0 Å². The van der Waals surface area contributed by atoms with Crippen molar-refractivity contribution < 1.29 is 19.1 Å². The lowest BCUT2D eigenvalue weighted by Gasteiger charge is -2.25. The van der Waals surface area contributed by atoms with Gasteiger partial charge < -0.3 is 9.47 Å². The second-order valence-electron chi connectivity index (χ2n) is 7.75. The number of unbranched alkanes of at least 4 members (excludes halogenated alkanes) is 2. The van der Waals surface area contributed by atoms with Crippen LogP contribution in [0.4, 0.5) is 4.79 Å². The van der Waals surface area contributed by atoms with Gasteiger partial charge in [-0.15, -0.1) is 0 Å². The first-order valence-electron chi connectivity index (χ1n) is 11.0. The average molecular weight is 369 g/mol. The third kappa shape index (κ3) is 11.5. The smallest absolute Gasteiger partial charge is 0.431 e. The van der Waals surface area contributed by atoms with Gasteiger partial charge in [0.15, 0.2) is 0 Å². The highest BCUT2D eigenvalue weighted by atomic mass is 16.7. The van der Waals surface area contributed by atoms with Gasteiger partial charge >= 0.3 is 6.16 Å². The van der Waals surface area contributed by atoms with E-state index in [-0.39, 0.29) is 12.2 Å². The quantitative estimate of drug-likeness (QED) is 0.445. The Balaban J connectivity index is 0.000000294. The first kappa shape index (κ1) is 23.0. The molecule has 0 atom stereocenters. The SMILES string of the molecule is CCCCC(=O)CCCC.O=C(OC1CCCCC1)OC1CCCCC1. The zero-order valence-electron chi connectivity index (χ0n) is 17.1. The Morgan fingerprint density at radius 2 is 1.08 bits per heavy atom. The molecule has 0 radical (unpaired) electrons. The van der Waals surface area contributed by atoms with Gasteiger partial charge in [-0.25, -0.2) is 4.79 Å². The Morgan fingerprint density at radius 3 is 1.42 bits per heavy atom. The summed E-state index contributed by atoms with van der Waals surface area (Å²) in [5.74, 6) is 0.448. The number of hydrogen-bond donors (Lipinski definition) is 0. The van der Waals surface area contributed by atoms with Gasteiger partial charge in [-0.2, -0.15) is 0 Å². The number of ether oxygens (including phenoxy) is 2. The second-order valence-corrected chi connectivity index (χ2v) is 7.75. The Kier molecular flexibility index (Phi) is 13.3. The van der Waals surface area contributed by atoms with Gasteiger partial charge in [0.05, 0.1) is 0 Å². The first-order chi connectivity index (χ1) is 12.7. The summed E-state index contributed by atoms with van der Waals surface area (Å²) in [6, 6.07) is 0. The van der Waals surface area contributed by atoms with Gasteiger partial charge in [0.2, 0.25) is 0 Å². The molecule has 0 aliphatic heterocycles. The van der Waals surface area contributed by atoms with Gasteiger partial charge in [-0.3, -0.25) is 4.79 Å². The Bertz CT molecular complexity index is 336. The summed E-state index contributed by atoms with van der Waals surface area (Å²) < 4.78 is 10.7. The fourth-order valence-corrected chi connectivity index (χ4v) is 3.54. The number of carbonyl (C=O) groups excluding carboxylic acids is 2. The molecule has 0 spiro atoms. The lowest BCUT2D eigenvalue weighted by atomic mass is 9.98. The van der Waals surface area contributed by atoms with Crippen molar-refractivity contribution in [3.63, 3.8) is 0 Å². The van der Waals surface area contributed by atoms with E-state index < -0.39 is 6.16 Å². The highest BCUT2D eigenvalue weighted by Gasteiger charge is 2.22. The Hall–Kier alpha value is -1.06. The molecule has 2 rings (SSSR count). The molecule has 0 unspecified atom stereocenters. The minimum atomic E-state index is -0.432. The summed E-state index contributed by atoms with van der Waals surface area (Å²) in [4.78, 5) is 22.5. The molecule has 2 aliphatic rings. The monoisotopic (exact) mass is 368 g/mol. The number of carbonyl (C=O) groups is 2. The fourth-order valence-electron chi connectivity index (χ4n) is 3.54. The molecule has 0 saturated heterocycles. The van der Waals surface area contributed by atoms with Crippen LogP contribution in [0.25, 0.3) is 0 Å². The lowest BCUT2D eigenvalue weighted by molar-refractivity contribution is -0.119. The van der Waals surface area contributed by atoms with Gasteiger partial charge in [-0.1, -0.05) is 39.5 Å². The molecule has 4 nitrogen and oxygen atoms in total. The maximum absolute atomic E-state index is 11.5. The third-order valence-corrected chi connectivity index (χ3v) is 5.25. The van der Waals surface area contributed by atoms with E-state index in [4.69, 9.17) is 9.47 Å². The Morgan fingerprint density at radius 1 is 0.692 bits per heavy atom. The van der Waals surface area contributed by atoms with Crippen molar-refractivity contribution in [2.24, 2.45) is 0 Å². The summed E-state index contributed by atoms with van der Waals surface area (Å²) >= 11 is 0. The maximum Gasteiger partial charge on any atom is 0.508 e. The molecule has 152 valence electrons. The Labute approximate surface area is 160 Å². The van der Waals surface area contributed by atoms with E-state index >= 15 is 0 Å². The van der Waals surface area contributed by atoms with Gasteiger partial charge in [0.25, 0.3) is 0 Å². The van der Waals surface area contributed by atoms with Crippen molar-refractivity contribution in [2.45, 2.75) is 129 Å². The highest BCUT2D eigenvalue weighted by Crippen LogP contribution is 2.23. The van der Waals surface area contributed by atoms with E-state index in [9.17, 15) is 9.59 Å². The van der Waals surface area contributed by atoms with Crippen LogP contribution in [0, 0.1) is 0 Å². The van der Waals surface area contributed by atoms with Crippen LogP contribution in [0.1, 0.15) is 117 Å². The molecule has 4 heteroatoms. The summed E-state index contributed by atoms with van der Waals surface area (Å²) in [7, 11) is 0. The van der Waals surface area contributed by atoms with Crippen LogP contribution in [0.3, 0.4) is 0 Å². The van der Waals surface area contributed by atoms with Crippen LogP contribution >= 0.6 is 0 Å². The van der Waals surface area contributed by atoms with Crippen LogP contribution in [0.15, 0.2) is 0 Å². The molecule has 2 aliphatic carbocycles. The topological polar surface area (TPSA) is 52.6 Å². The molecular formula is C22H40O4. The summed E-state index contributed by atoms with van der Waals surface area (Å²) in [6.45, 7) is 4.24. The molecule has 0 N–H and O–H groups in total. The minimum absolute atomic E-state index is 0.116. The third-order valence-electron chi connectivity index (χ3n) is 5.25. The molecule has 2 fully saturated rings. The molecule has 0 heterocycles. The average Bonchev–Trinajstić information content (AvgIpc) is 2.66. The van der Waals surface area contributed by atoms with Crippen LogP contribution in [0.5, 0.6) is 0 Å². The summed E-state index contributed by atoms with van der Waals surface area (Å²) in [5.41, 5.74) is 0. The molecule has 0 amide bonds. The van der Waals surface area contributed by atoms with Crippen LogP contribution in [0.2, 0.25) is 0 Å². The number of Topliss-reactive ketones (excluding diaryl/α,β-unsaturated/α-hetero) is 1. The summed E-state index contributed by atoms with van der Waals surface area (Å²) in [6.07, 6.45) is 17.2. The molecular weight excluding hydrogens is 328 g/mol. The number of rotatable bonds is 8. The largest absolute Gasteiger partial charge is 0.508 e.